The van der Waals surface area contributed by atoms with Crippen molar-refractivity contribution in [3.63, 3.8) is 0 Å². The largest absolute Gasteiger partial charge is 0.375 e. The van der Waals surface area contributed by atoms with Gasteiger partial charge in [-0.2, -0.15) is 5.10 Å². The van der Waals surface area contributed by atoms with Crippen molar-refractivity contribution in [3.8, 4) is 0 Å². The molecule has 14 heavy (non-hydrogen) atoms. The summed E-state index contributed by atoms with van der Waals surface area (Å²) in [6.45, 7) is 2.08. The van der Waals surface area contributed by atoms with Gasteiger partial charge < -0.3 is 5.73 Å². The Kier molecular flexibility index (Phi) is 2.72. The highest BCUT2D eigenvalue weighted by Crippen LogP contribution is 2.48. The Hall–Kier alpha value is -0.640. The quantitative estimate of drug-likeness (QED) is 0.415. The van der Waals surface area contributed by atoms with Crippen LogP contribution in [-0.4, -0.2) is 10.8 Å². The van der Waals surface area contributed by atoms with Gasteiger partial charge in [0.25, 0.3) is 0 Å². The topological polar surface area (TPSA) is 50.4 Å². The van der Waals surface area contributed by atoms with Crippen molar-refractivity contribution < 1.29 is 0 Å². The molecule has 0 aromatic carbocycles. The highest BCUT2D eigenvalue weighted by atomic mass is 32.1. The van der Waals surface area contributed by atoms with Crippen LogP contribution >= 0.6 is 12.2 Å². The van der Waals surface area contributed by atoms with Crippen LogP contribution in [0, 0.1) is 17.8 Å². The first-order chi connectivity index (χ1) is 6.66. The highest BCUT2D eigenvalue weighted by molar-refractivity contribution is 7.80. The Morgan fingerprint density at radius 3 is 2.71 bits per heavy atom. The Balaban J connectivity index is 1.95. The molecule has 4 heteroatoms. The lowest BCUT2D eigenvalue weighted by Gasteiger charge is -2.21. The van der Waals surface area contributed by atoms with E-state index >= 15 is 0 Å². The Morgan fingerprint density at radius 1 is 1.43 bits per heavy atom. The van der Waals surface area contributed by atoms with Crippen molar-refractivity contribution in [2.45, 2.75) is 32.6 Å². The van der Waals surface area contributed by atoms with Gasteiger partial charge in [-0.1, -0.05) is 6.42 Å². The van der Waals surface area contributed by atoms with E-state index in [1.807, 2.05) is 0 Å². The second-order valence-corrected chi connectivity index (χ2v) is 4.95. The van der Waals surface area contributed by atoms with Gasteiger partial charge in [0.2, 0.25) is 0 Å². The molecule has 2 aliphatic rings. The molecule has 78 valence electrons. The SMILES string of the molecule is CC(=NNC(N)=S)C1CC2CCC1C2. The summed E-state index contributed by atoms with van der Waals surface area (Å²) in [6, 6.07) is 0. The fraction of sp³-hybridized carbons (Fsp3) is 0.800. The summed E-state index contributed by atoms with van der Waals surface area (Å²) < 4.78 is 0. The standard InChI is InChI=1S/C10H17N3S/c1-6(12-13-10(11)14)9-5-7-2-3-8(9)4-7/h7-9H,2-5H2,1H3,(H3,11,13,14). The maximum atomic E-state index is 5.33. The normalized spacial score (nSPS) is 36.1. The molecule has 3 nitrogen and oxygen atoms in total. The van der Waals surface area contributed by atoms with Crippen LogP contribution in [0.4, 0.5) is 0 Å². The van der Waals surface area contributed by atoms with E-state index in [0.717, 1.165) is 11.8 Å². The maximum absolute atomic E-state index is 5.33. The lowest BCUT2D eigenvalue weighted by molar-refractivity contribution is 0.413. The molecule has 0 aromatic rings. The number of nitrogens with zero attached hydrogens (tertiary/aromatic N) is 1. The van der Waals surface area contributed by atoms with E-state index in [9.17, 15) is 0 Å². The first-order valence-electron chi connectivity index (χ1n) is 5.26. The van der Waals surface area contributed by atoms with Gasteiger partial charge >= 0.3 is 0 Å². The second kappa shape index (κ2) is 3.85. The number of thiocarbonyl (C=S) groups is 1. The highest BCUT2D eigenvalue weighted by Gasteiger charge is 2.40. The fourth-order valence-corrected chi connectivity index (χ4v) is 3.03. The van der Waals surface area contributed by atoms with E-state index in [2.05, 4.69) is 17.5 Å². The van der Waals surface area contributed by atoms with Crippen LogP contribution in [-0.2, 0) is 0 Å². The van der Waals surface area contributed by atoms with Crippen LogP contribution in [0.25, 0.3) is 0 Å². The third kappa shape index (κ3) is 1.90. The molecule has 2 rings (SSSR count). The number of fused-ring (bicyclic) bond motifs is 2. The van der Waals surface area contributed by atoms with Gasteiger partial charge in [-0.25, -0.2) is 0 Å². The Labute approximate surface area is 90.1 Å². The van der Waals surface area contributed by atoms with Crippen molar-refractivity contribution in [2.24, 2.45) is 28.6 Å². The summed E-state index contributed by atoms with van der Waals surface area (Å²) in [5.41, 5.74) is 9.18. The number of hydrazone groups is 1. The lowest BCUT2D eigenvalue weighted by Crippen LogP contribution is -2.28. The molecule has 2 saturated carbocycles. The van der Waals surface area contributed by atoms with Crippen molar-refractivity contribution in [1.29, 1.82) is 0 Å². The molecule has 2 aliphatic carbocycles. The van der Waals surface area contributed by atoms with Gasteiger partial charge in [0.05, 0.1) is 0 Å². The van der Waals surface area contributed by atoms with Gasteiger partial charge in [-0.3, -0.25) is 5.43 Å². The van der Waals surface area contributed by atoms with E-state index < -0.39 is 0 Å². The molecule has 0 heterocycles. The van der Waals surface area contributed by atoms with Gasteiger partial charge in [0, 0.05) is 11.6 Å². The molecule has 0 amide bonds. The number of hydrogen-bond donors (Lipinski definition) is 2. The zero-order chi connectivity index (χ0) is 10.1. The van der Waals surface area contributed by atoms with Crippen LogP contribution in [0.3, 0.4) is 0 Å². The summed E-state index contributed by atoms with van der Waals surface area (Å²) >= 11 is 4.71. The summed E-state index contributed by atoms with van der Waals surface area (Å²) in [5, 5.41) is 4.48. The van der Waals surface area contributed by atoms with Crippen LogP contribution in [0.15, 0.2) is 5.10 Å². The molecular formula is C10H17N3S. The summed E-state index contributed by atoms with van der Waals surface area (Å²) in [6.07, 6.45) is 5.54. The molecule has 0 aliphatic heterocycles. The van der Waals surface area contributed by atoms with Gasteiger partial charge in [0.1, 0.15) is 0 Å². The lowest BCUT2D eigenvalue weighted by atomic mass is 9.86. The predicted octanol–water partition coefficient (Wildman–Crippen LogP) is 1.63. The molecule has 3 N–H and O–H groups in total. The third-order valence-corrected chi connectivity index (χ3v) is 3.71. The van der Waals surface area contributed by atoms with E-state index in [1.165, 1.54) is 31.4 Å². The van der Waals surface area contributed by atoms with Crippen molar-refractivity contribution in [1.82, 2.24) is 5.43 Å². The van der Waals surface area contributed by atoms with E-state index in [0.29, 0.717) is 5.92 Å². The van der Waals surface area contributed by atoms with Crippen LogP contribution < -0.4 is 11.2 Å². The van der Waals surface area contributed by atoms with E-state index in [-0.39, 0.29) is 5.11 Å². The average molecular weight is 211 g/mol. The van der Waals surface area contributed by atoms with Crippen molar-refractivity contribution in [3.05, 3.63) is 0 Å². The van der Waals surface area contributed by atoms with Crippen LogP contribution in [0.1, 0.15) is 32.6 Å². The predicted molar refractivity (Wildman–Crippen MR) is 62.0 cm³/mol. The van der Waals surface area contributed by atoms with Crippen molar-refractivity contribution in [2.75, 3.05) is 0 Å². The first kappa shape index (κ1) is 9.90. The first-order valence-corrected chi connectivity index (χ1v) is 5.67. The van der Waals surface area contributed by atoms with Gasteiger partial charge in [-0.15, -0.1) is 0 Å². The van der Waals surface area contributed by atoms with Crippen LogP contribution in [0.2, 0.25) is 0 Å². The minimum absolute atomic E-state index is 0.257. The van der Waals surface area contributed by atoms with E-state index in [1.54, 1.807) is 0 Å². The molecule has 3 atom stereocenters. The molecule has 2 fully saturated rings. The Bertz CT molecular complexity index is 275. The number of nitrogens with two attached hydrogens (primary N) is 1. The van der Waals surface area contributed by atoms with Crippen LogP contribution in [0.5, 0.6) is 0 Å². The van der Waals surface area contributed by atoms with Gasteiger partial charge in [-0.05, 0) is 50.2 Å². The Morgan fingerprint density at radius 2 is 2.21 bits per heavy atom. The molecule has 2 bridgehead atoms. The smallest absolute Gasteiger partial charge is 0.184 e. The molecule has 0 radical (unpaired) electrons. The molecule has 0 spiro atoms. The second-order valence-electron chi connectivity index (χ2n) is 4.51. The van der Waals surface area contributed by atoms with E-state index in [4.69, 9.17) is 18.0 Å². The zero-order valence-electron chi connectivity index (χ0n) is 8.49. The van der Waals surface area contributed by atoms with Gasteiger partial charge in [0.15, 0.2) is 5.11 Å². The number of hydrogen-bond acceptors (Lipinski definition) is 2. The molecule has 3 unspecified atom stereocenters. The maximum Gasteiger partial charge on any atom is 0.184 e. The molecule has 0 saturated heterocycles. The number of nitrogens with one attached hydrogen (secondary N) is 1. The summed E-state index contributed by atoms with van der Waals surface area (Å²) in [7, 11) is 0. The number of rotatable bonds is 2. The average Bonchev–Trinajstić information content (AvgIpc) is 2.74. The fourth-order valence-electron chi connectivity index (χ4n) is 2.98. The third-order valence-electron chi connectivity index (χ3n) is 3.62. The zero-order valence-corrected chi connectivity index (χ0v) is 9.31. The minimum atomic E-state index is 0.257. The summed E-state index contributed by atoms with van der Waals surface area (Å²) in [5.74, 6) is 2.51. The molecule has 0 aromatic heterocycles. The monoisotopic (exact) mass is 211 g/mol. The molecular weight excluding hydrogens is 194 g/mol. The summed E-state index contributed by atoms with van der Waals surface area (Å²) in [4.78, 5) is 0. The minimum Gasteiger partial charge on any atom is -0.375 e. The van der Waals surface area contributed by atoms with Crippen molar-refractivity contribution >= 4 is 23.0 Å².